The first kappa shape index (κ1) is 21.5. The van der Waals surface area contributed by atoms with Crippen molar-refractivity contribution in [2.45, 2.75) is 25.7 Å². The van der Waals surface area contributed by atoms with Gasteiger partial charge in [-0.15, -0.1) is 0 Å². The van der Waals surface area contributed by atoms with Crippen LogP contribution in [0.4, 0.5) is 5.69 Å². The molecule has 0 saturated carbocycles. The molecular formula is C27H34N2O2. The lowest BCUT2D eigenvalue weighted by Crippen LogP contribution is -2.46. The van der Waals surface area contributed by atoms with Crippen molar-refractivity contribution in [2.75, 3.05) is 51.3 Å². The zero-order chi connectivity index (χ0) is 21.3. The number of nitrogens with zero attached hydrogens (tertiary/aromatic N) is 2. The summed E-state index contributed by atoms with van der Waals surface area (Å²) in [7, 11) is 1.75. The highest BCUT2D eigenvalue weighted by molar-refractivity contribution is 5.88. The predicted octanol–water partition coefficient (Wildman–Crippen LogP) is 5.61. The summed E-state index contributed by atoms with van der Waals surface area (Å²) < 4.78 is 11.6. The van der Waals surface area contributed by atoms with Crippen LogP contribution in [0, 0.1) is 0 Å². The van der Waals surface area contributed by atoms with E-state index in [0.717, 1.165) is 50.7 Å². The Bertz CT molecular complexity index is 945. The molecule has 0 radical (unpaired) electrons. The van der Waals surface area contributed by atoms with Gasteiger partial charge < -0.3 is 14.4 Å². The second kappa shape index (κ2) is 11.1. The average Bonchev–Trinajstić information content (AvgIpc) is 2.84. The van der Waals surface area contributed by atoms with Gasteiger partial charge in [0.15, 0.2) is 0 Å². The second-order valence-electron chi connectivity index (χ2n) is 8.24. The van der Waals surface area contributed by atoms with Gasteiger partial charge in [-0.3, -0.25) is 4.90 Å². The van der Waals surface area contributed by atoms with Gasteiger partial charge in [-0.2, -0.15) is 0 Å². The van der Waals surface area contributed by atoms with Crippen LogP contribution in [-0.2, 0) is 0 Å². The van der Waals surface area contributed by atoms with Crippen LogP contribution in [0.2, 0.25) is 0 Å². The molecule has 1 aliphatic rings. The van der Waals surface area contributed by atoms with Crippen molar-refractivity contribution in [3.63, 3.8) is 0 Å². The molecule has 0 aliphatic carbocycles. The fraction of sp³-hybridized carbons (Fsp3) is 0.407. The summed E-state index contributed by atoms with van der Waals surface area (Å²) >= 11 is 0. The van der Waals surface area contributed by atoms with Crippen molar-refractivity contribution in [1.29, 1.82) is 0 Å². The van der Waals surface area contributed by atoms with E-state index in [1.54, 1.807) is 7.11 Å². The molecule has 31 heavy (non-hydrogen) atoms. The average molecular weight is 419 g/mol. The molecule has 1 saturated heterocycles. The lowest BCUT2D eigenvalue weighted by Gasteiger charge is -2.36. The molecule has 3 aromatic carbocycles. The van der Waals surface area contributed by atoms with Crippen molar-refractivity contribution < 1.29 is 9.47 Å². The predicted molar refractivity (Wildman–Crippen MR) is 130 cm³/mol. The van der Waals surface area contributed by atoms with Gasteiger partial charge in [-0.25, -0.2) is 0 Å². The quantitative estimate of drug-likeness (QED) is 0.400. The van der Waals surface area contributed by atoms with Crippen molar-refractivity contribution >= 4 is 16.5 Å². The smallest absolute Gasteiger partial charge is 0.142 e. The molecule has 0 spiro atoms. The maximum Gasteiger partial charge on any atom is 0.142 e. The second-order valence-corrected chi connectivity index (χ2v) is 8.24. The normalized spacial score (nSPS) is 14.7. The Morgan fingerprint density at radius 3 is 2.29 bits per heavy atom. The van der Waals surface area contributed by atoms with Gasteiger partial charge in [0.1, 0.15) is 11.5 Å². The van der Waals surface area contributed by atoms with Crippen molar-refractivity contribution in [1.82, 2.24) is 4.90 Å². The zero-order valence-corrected chi connectivity index (χ0v) is 18.6. The van der Waals surface area contributed by atoms with Crippen molar-refractivity contribution in [2.24, 2.45) is 0 Å². The third kappa shape index (κ3) is 5.71. The van der Waals surface area contributed by atoms with Crippen molar-refractivity contribution in [3.05, 3.63) is 66.7 Å². The van der Waals surface area contributed by atoms with Crippen LogP contribution in [-0.4, -0.2) is 51.3 Å². The van der Waals surface area contributed by atoms with Gasteiger partial charge in [-0.1, -0.05) is 61.4 Å². The van der Waals surface area contributed by atoms with Crippen LogP contribution in [0.25, 0.3) is 10.8 Å². The largest absolute Gasteiger partial charge is 0.495 e. The summed E-state index contributed by atoms with van der Waals surface area (Å²) in [5, 5.41) is 2.45. The third-order valence-corrected chi connectivity index (χ3v) is 6.17. The number of methoxy groups -OCH3 is 1. The van der Waals surface area contributed by atoms with Crippen LogP contribution < -0.4 is 14.4 Å². The maximum atomic E-state index is 6.06. The molecule has 0 atom stereocenters. The molecule has 0 aromatic heterocycles. The number of hydrogen-bond donors (Lipinski definition) is 0. The number of unbranched alkanes of at least 4 members (excludes halogenated alkanes) is 3. The molecule has 0 unspecified atom stereocenters. The Kier molecular flexibility index (Phi) is 7.67. The number of piperazine rings is 1. The summed E-state index contributed by atoms with van der Waals surface area (Å²) in [5.41, 5.74) is 1.22. The van der Waals surface area contributed by atoms with E-state index in [9.17, 15) is 0 Å². The summed E-state index contributed by atoms with van der Waals surface area (Å²) in [5.74, 6) is 1.98. The van der Waals surface area contributed by atoms with E-state index in [4.69, 9.17) is 9.47 Å². The first-order chi connectivity index (χ1) is 15.3. The molecule has 4 heteroatoms. The monoisotopic (exact) mass is 418 g/mol. The third-order valence-electron chi connectivity index (χ3n) is 6.17. The molecule has 3 aromatic rings. The molecule has 0 N–H and O–H groups in total. The van der Waals surface area contributed by atoms with Gasteiger partial charge in [0.05, 0.1) is 19.4 Å². The maximum absolute atomic E-state index is 6.06. The number of ether oxygens (including phenoxy) is 2. The standard InChI is InChI=1S/C27H34N2O2/c1-30-27-15-7-6-14-25(27)29-20-18-28(19-21-29)17-8-2-3-9-22-31-26-16-10-12-23-11-4-5-13-24(23)26/h4-7,10-16H,2-3,8-9,17-22H2,1H3. The number of anilines is 1. The molecule has 1 fully saturated rings. The Balaban J connectivity index is 1.10. The molecule has 0 bridgehead atoms. The van der Waals surface area contributed by atoms with Crippen LogP contribution in [0.1, 0.15) is 25.7 Å². The van der Waals surface area contributed by atoms with Crippen LogP contribution in [0.15, 0.2) is 66.7 Å². The molecule has 4 rings (SSSR count). The SMILES string of the molecule is COc1ccccc1N1CCN(CCCCCCOc2cccc3ccccc23)CC1. The molecule has 1 aliphatic heterocycles. The summed E-state index contributed by atoms with van der Waals surface area (Å²) in [6.45, 7) is 6.39. The fourth-order valence-corrected chi connectivity index (χ4v) is 4.40. The van der Waals surface area contributed by atoms with E-state index in [2.05, 4.69) is 64.4 Å². The van der Waals surface area contributed by atoms with E-state index in [0.29, 0.717) is 0 Å². The van der Waals surface area contributed by atoms with Crippen LogP contribution >= 0.6 is 0 Å². The molecule has 4 nitrogen and oxygen atoms in total. The first-order valence-electron chi connectivity index (χ1n) is 11.6. The number of fused-ring (bicyclic) bond motifs is 1. The van der Waals surface area contributed by atoms with Crippen LogP contribution in [0.3, 0.4) is 0 Å². The number of benzene rings is 3. The lowest BCUT2D eigenvalue weighted by atomic mass is 10.1. The first-order valence-corrected chi connectivity index (χ1v) is 11.6. The van der Waals surface area contributed by atoms with E-state index >= 15 is 0 Å². The lowest BCUT2D eigenvalue weighted by molar-refractivity contribution is 0.249. The summed E-state index contributed by atoms with van der Waals surface area (Å²) in [6, 6.07) is 23.0. The molecule has 164 valence electrons. The topological polar surface area (TPSA) is 24.9 Å². The number of para-hydroxylation sites is 2. The van der Waals surface area contributed by atoms with E-state index < -0.39 is 0 Å². The zero-order valence-electron chi connectivity index (χ0n) is 18.6. The van der Waals surface area contributed by atoms with Gasteiger partial charge in [0.2, 0.25) is 0 Å². The molecular weight excluding hydrogens is 384 g/mol. The van der Waals surface area contributed by atoms with Gasteiger partial charge >= 0.3 is 0 Å². The highest BCUT2D eigenvalue weighted by Gasteiger charge is 2.18. The van der Waals surface area contributed by atoms with E-state index in [1.807, 2.05) is 12.1 Å². The van der Waals surface area contributed by atoms with Crippen molar-refractivity contribution in [3.8, 4) is 11.5 Å². The Morgan fingerprint density at radius 1 is 0.710 bits per heavy atom. The Morgan fingerprint density at radius 2 is 1.42 bits per heavy atom. The highest BCUT2D eigenvalue weighted by atomic mass is 16.5. The number of rotatable bonds is 10. The number of hydrogen-bond acceptors (Lipinski definition) is 4. The van der Waals surface area contributed by atoms with Crippen LogP contribution in [0.5, 0.6) is 11.5 Å². The summed E-state index contributed by atoms with van der Waals surface area (Å²) in [4.78, 5) is 5.04. The Hall–Kier alpha value is -2.72. The molecule has 0 amide bonds. The Labute approximate surface area is 186 Å². The fourth-order valence-electron chi connectivity index (χ4n) is 4.40. The minimum atomic E-state index is 0.797. The summed E-state index contributed by atoms with van der Waals surface area (Å²) in [6.07, 6.45) is 4.88. The molecule has 1 heterocycles. The van der Waals surface area contributed by atoms with Gasteiger partial charge in [0.25, 0.3) is 0 Å². The van der Waals surface area contributed by atoms with E-state index in [1.165, 1.54) is 42.3 Å². The highest BCUT2D eigenvalue weighted by Crippen LogP contribution is 2.28. The van der Waals surface area contributed by atoms with E-state index in [-0.39, 0.29) is 0 Å². The minimum absolute atomic E-state index is 0.797. The minimum Gasteiger partial charge on any atom is -0.495 e. The van der Waals surface area contributed by atoms with Gasteiger partial charge in [-0.05, 0) is 43.0 Å². The van der Waals surface area contributed by atoms with Gasteiger partial charge in [0, 0.05) is 31.6 Å².